The second-order valence-corrected chi connectivity index (χ2v) is 9.41. The first-order valence-electron chi connectivity index (χ1n) is 9.58. The van der Waals surface area contributed by atoms with Crippen molar-refractivity contribution in [2.24, 2.45) is 5.92 Å². The van der Waals surface area contributed by atoms with Crippen molar-refractivity contribution >= 4 is 28.5 Å². The van der Waals surface area contributed by atoms with E-state index in [-0.39, 0.29) is 11.8 Å². The average Bonchev–Trinajstić information content (AvgIpc) is 2.92. The van der Waals surface area contributed by atoms with Gasteiger partial charge in [-0.15, -0.1) is 11.3 Å². The number of aromatic nitrogens is 1. The second kappa shape index (κ2) is 9.01. The summed E-state index contributed by atoms with van der Waals surface area (Å²) in [4.78, 5) is 33.0. The number of rotatable bonds is 6. The van der Waals surface area contributed by atoms with Gasteiger partial charge in [0, 0.05) is 24.4 Å². The first-order valence-corrected chi connectivity index (χ1v) is 10.4. The van der Waals surface area contributed by atoms with E-state index in [0.29, 0.717) is 11.6 Å². The number of hydrogen-bond acceptors (Lipinski definition) is 6. The molecule has 8 heteroatoms. The van der Waals surface area contributed by atoms with Crippen LogP contribution in [-0.2, 0) is 22.5 Å². The number of nitrogens with zero attached hydrogens (tertiary/aromatic N) is 2. The zero-order valence-corrected chi connectivity index (χ0v) is 18.0. The molecule has 152 valence electrons. The summed E-state index contributed by atoms with van der Waals surface area (Å²) in [5.74, 6) is -0.00805. The third-order valence-corrected chi connectivity index (χ3v) is 5.20. The van der Waals surface area contributed by atoms with Crippen LogP contribution in [0.1, 0.15) is 58.5 Å². The lowest BCUT2D eigenvalue weighted by Gasteiger charge is -2.23. The largest absolute Gasteiger partial charge is 0.444 e. The van der Waals surface area contributed by atoms with Gasteiger partial charge in [0.2, 0.25) is 5.91 Å². The van der Waals surface area contributed by atoms with E-state index in [1.54, 1.807) is 20.8 Å². The molecule has 0 saturated heterocycles. The maximum Gasteiger partial charge on any atom is 0.408 e. The molecule has 1 aliphatic rings. The Kier molecular flexibility index (Phi) is 7.22. The zero-order valence-electron chi connectivity index (χ0n) is 17.2. The molecular weight excluding hydrogens is 364 g/mol. The first kappa shape index (κ1) is 21.6. The highest BCUT2D eigenvalue weighted by Crippen LogP contribution is 2.28. The van der Waals surface area contributed by atoms with Crippen molar-refractivity contribution in [3.63, 3.8) is 0 Å². The lowest BCUT2D eigenvalue weighted by Crippen LogP contribution is -2.46. The number of amides is 2. The lowest BCUT2D eigenvalue weighted by atomic mass is 10.0. The smallest absolute Gasteiger partial charge is 0.408 e. The van der Waals surface area contributed by atoms with E-state index in [1.165, 1.54) is 16.2 Å². The quantitative estimate of drug-likeness (QED) is 0.770. The summed E-state index contributed by atoms with van der Waals surface area (Å²) in [6.07, 6.45) is 0.848. The van der Waals surface area contributed by atoms with Crippen molar-refractivity contribution < 1.29 is 14.3 Å². The molecule has 0 saturated carbocycles. The Labute approximate surface area is 165 Å². The van der Waals surface area contributed by atoms with Gasteiger partial charge in [-0.25, -0.2) is 9.78 Å². The molecule has 1 atom stereocenters. The Balaban J connectivity index is 2.03. The van der Waals surface area contributed by atoms with Gasteiger partial charge in [-0.1, -0.05) is 20.8 Å². The van der Waals surface area contributed by atoms with Crippen molar-refractivity contribution in [1.29, 1.82) is 0 Å². The summed E-state index contributed by atoms with van der Waals surface area (Å²) in [5.41, 5.74) is 0.461. The monoisotopic (exact) mass is 396 g/mol. The van der Waals surface area contributed by atoms with Crippen LogP contribution in [0.3, 0.4) is 0 Å². The van der Waals surface area contributed by atoms with Gasteiger partial charge in [-0.2, -0.15) is 0 Å². The van der Waals surface area contributed by atoms with Crippen molar-refractivity contribution in [3.8, 4) is 0 Å². The van der Waals surface area contributed by atoms with Crippen LogP contribution in [0.2, 0.25) is 0 Å². The molecule has 2 heterocycles. The summed E-state index contributed by atoms with van der Waals surface area (Å²) < 4.78 is 5.29. The Hall–Kier alpha value is -1.67. The Morgan fingerprint density at radius 2 is 2.04 bits per heavy atom. The van der Waals surface area contributed by atoms with E-state index >= 15 is 0 Å². The van der Waals surface area contributed by atoms with Gasteiger partial charge in [0.25, 0.3) is 0 Å². The van der Waals surface area contributed by atoms with Crippen LogP contribution in [0.15, 0.2) is 0 Å². The minimum atomic E-state index is -0.659. The summed E-state index contributed by atoms with van der Waals surface area (Å²) in [6, 6.07) is -0.659. The van der Waals surface area contributed by atoms with Crippen LogP contribution in [0, 0.1) is 5.92 Å². The fourth-order valence-corrected chi connectivity index (χ4v) is 3.97. The molecule has 0 aromatic carbocycles. The van der Waals surface area contributed by atoms with E-state index in [4.69, 9.17) is 4.74 Å². The third-order valence-electron chi connectivity index (χ3n) is 4.20. The molecule has 0 aliphatic carbocycles. The minimum Gasteiger partial charge on any atom is -0.444 e. The number of anilines is 1. The standard InChI is InChI=1S/C19H32N4O3S/c1-7-23-9-8-13-15(11-23)27-17(20-13)22-16(24)14(10-12(2)3)21-18(25)26-19(4,5)6/h12,14H,7-11H2,1-6H3,(H,21,25)(H,20,22,24). The number of carbonyl (C=O) groups is 2. The molecule has 0 bridgehead atoms. The van der Waals surface area contributed by atoms with Gasteiger partial charge in [-0.3, -0.25) is 9.69 Å². The number of likely N-dealkylation sites (N-methyl/N-ethyl adjacent to an activating group) is 1. The van der Waals surface area contributed by atoms with Gasteiger partial charge >= 0.3 is 6.09 Å². The van der Waals surface area contributed by atoms with E-state index in [1.807, 2.05) is 13.8 Å². The SMILES string of the molecule is CCN1CCc2nc(NC(=O)C(CC(C)C)NC(=O)OC(C)(C)C)sc2C1. The third kappa shape index (κ3) is 6.77. The summed E-state index contributed by atoms with van der Waals surface area (Å²) in [5, 5.41) is 6.18. The molecule has 1 aliphatic heterocycles. The highest BCUT2D eigenvalue weighted by molar-refractivity contribution is 7.15. The molecule has 2 amide bonds. The van der Waals surface area contributed by atoms with Gasteiger partial charge in [-0.05, 0) is 39.7 Å². The van der Waals surface area contributed by atoms with Crippen molar-refractivity contribution in [2.45, 2.75) is 72.6 Å². The maximum absolute atomic E-state index is 12.8. The molecule has 2 N–H and O–H groups in total. The molecule has 2 rings (SSSR count). The number of fused-ring (bicyclic) bond motifs is 1. The van der Waals surface area contributed by atoms with E-state index in [0.717, 1.165) is 31.7 Å². The highest BCUT2D eigenvalue weighted by Gasteiger charge is 2.27. The minimum absolute atomic E-state index is 0.248. The lowest BCUT2D eigenvalue weighted by molar-refractivity contribution is -0.118. The maximum atomic E-state index is 12.8. The topological polar surface area (TPSA) is 83.6 Å². The molecule has 27 heavy (non-hydrogen) atoms. The number of carbonyl (C=O) groups excluding carboxylic acids is 2. The van der Waals surface area contributed by atoms with Crippen molar-refractivity contribution in [3.05, 3.63) is 10.6 Å². The fourth-order valence-electron chi connectivity index (χ4n) is 2.92. The predicted molar refractivity (Wildman–Crippen MR) is 108 cm³/mol. The number of thiazole rings is 1. The Morgan fingerprint density at radius 1 is 1.33 bits per heavy atom. The van der Waals surface area contributed by atoms with Crippen molar-refractivity contribution in [2.75, 3.05) is 18.4 Å². The van der Waals surface area contributed by atoms with E-state index < -0.39 is 17.7 Å². The molecule has 1 aromatic rings. The normalized spacial score (nSPS) is 16.0. The summed E-state index contributed by atoms with van der Waals surface area (Å²) in [6.45, 7) is 14.4. The molecule has 1 aromatic heterocycles. The predicted octanol–water partition coefficient (Wildman–Crippen LogP) is 3.40. The second-order valence-electron chi connectivity index (χ2n) is 8.33. The van der Waals surface area contributed by atoms with Crippen LogP contribution in [-0.4, -0.2) is 46.6 Å². The van der Waals surface area contributed by atoms with E-state index in [9.17, 15) is 9.59 Å². The number of ether oxygens (including phenoxy) is 1. The van der Waals surface area contributed by atoms with Gasteiger partial charge in [0.15, 0.2) is 5.13 Å². The van der Waals surface area contributed by atoms with Crippen LogP contribution in [0.4, 0.5) is 9.93 Å². The van der Waals surface area contributed by atoms with Gasteiger partial charge in [0.05, 0.1) is 5.69 Å². The summed E-state index contributed by atoms with van der Waals surface area (Å²) >= 11 is 1.52. The molecule has 7 nitrogen and oxygen atoms in total. The fraction of sp³-hybridized carbons (Fsp3) is 0.737. The van der Waals surface area contributed by atoms with Crippen LogP contribution in [0.5, 0.6) is 0 Å². The summed E-state index contributed by atoms with van der Waals surface area (Å²) in [7, 11) is 0. The zero-order chi connectivity index (χ0) is 20.2. The molecular formula is C19H32N4O3S. The number of alkyl carbamates (subject to hydrolysis) is 1. The highest BCUT2D eigenvalue weighted by atomic mass is 32.1. The van der Waals surface area contributed by atoms with Gasteiger partial charge in [0.1, 0.15) is 11.6 Å². The van der Waals surface area contributed by atoms with E-state index in [2.05, 4.69) is 27.4 Å². The molecule has 0 spiro atoms. The van der Waals surface area contributed by atoms with Crippen molar-refractivity contribution in [1.82, 2.24) is 15.2 Å². The number of hydrogen-bond donors (Lipinski definition) is 2. The number of nitrogens with one attached hydrogen (secondary N) is 2. The molecule has 0 radical (unpaired) electrons. The van der Waals surface area contributed by atoms with Crippen LogP contribution in [0.25, 0.3) is 0 Å². The Morgan fingerprint density at radius 3 is 2.63 bits per heavy atom. The Bertz CT molecular complexity index is 666. The van der Waals surface area contributed by atoms with Gasteiger partial charge < -0.3 is 15.4 Å². The molecule has 1 unspecified atom stereocenters. The van der Waals surface area contributed by atoms with Crippen LogP contribution >= 0.6 is 11.3 Å². The first-order chi connectivity index (χ1) is 12.6. The molecule has 0 fully saturated rings. The average molecular weight is 397 g/mol. The van der Waals surface area contributed by atoms with Crippen LogP contribution < -0.4 is 10.6 Å².